The van der Waals surface area contributed by atoms with E-state index in [0.29, 0.717) is 19.7 Å². The van der Waals surface area contributed by atoms with Gasteiger partial charge in [0.2, 0.25) is 11.3 Å². The van der Waals surface area contributed by atoms with E-state index in [9.17, 15) is 9.59 Å². The summed E-state index contributed by atoms with van der Waals surface area (Å²) in [5.74, 6) is 0.141. The van der Waals surface area contributed by atoms with E-state index in [4.69, 9.17) is 0 Å². The molecule has 1 aliphatic heterocycles. The summed E-state index contributed by atoms with van der Waals surface area (Å²) in [6, 6.07) is 0.332. The number of carbonyl (C=O) groups excluding carboxylic acids is 1. The fourth-order valence-electron chi connectivity index (χ4n) is 2.37. The molecule has 0 radical (unpaired) electrons. The Labute approximate surface area is 139 Å². The van der Waals surface area contributed by atoms with E-state index in [1.165, 1.54) is 6.42 Å². The molecule has 1 saturated heterocycles. The van der Waals surface area contributed by atoms with E-state index in [2.05, 4.69) is 6.92 Å². The first-order valence-electron chi connectivity index (χ1n) is 6.33. The third kappa shape index (κ3) is 3.71. The fraction of sp³-hybridized carbons (Fsp3) is 0.538. The van der Waals surface area contributed by atoms with Crippen molar-refractivity contribution in [3.05, 3.63) is 29.8 Å². The van der Waals surface area contributed by atoms with E-state index >= 15 is 0 Å². The minimum atomic E-state index is 0.0382. The maximum atomic E-state index is 12.3. The van der Waals surface area contributed by atoms with Crippen LogP contribution >= 0.6 is 45.2 Å². The van der Waals surface area contributed by atoms with Crippen molar-refractivity contribution in [2.45, 2.75) is 38.8 Å². The number of likely N-dealkylation sites (tertiary alicyclic amines) is 1. The number of piperidine rings is 1. The summed E-state index contributed by atoms with van der Waals surface area (Å²) in [4.78, 5) is 25.9. The van der Waals surface area contributed by atoms with E-state index in [-0.39, 0.29) is 11.3 Å². The van der Waals surface area contributed by atoms with Crippen molar-refractivity contribution < 1.29 is 4.79 Å². The van der Waals surface area contributed by atoms with Crippen LogP contribution in [0.3, 0.4) is 0 Å². The van der Waals surface area contributed by atoms with Crippen LogP contribution in [-0.4, -0.2) is 28.0 Å². The maximum Gasteiger partial charge on any atom is 0.242 e. The summed E-state index contributed by atoms with van der Waals surface area (Å²) in [6.07, 6.45) is 6.88. The van der Waals surface area contributed by atoms with Crippen molar-refractivity contribution in [3.63, 3.8) is 0 Å². The lowest BCUT2D eigenvalue weighted by Crippen LogP contribution is -2.43. The molecular formula is C13H16I2N2O2. The Morgan fingerprint density at radius 1 is 1.32 bits per heavy atom. The summed E-state index contributed by atoms with van der Waals surface area (Å²) < 4.78 is 3.13. The van der Waals surface area contributed by atoms with Crippen molar-refractivity contribution in [3.8, 4) is 0 Å². The number of hydrogen-bond acceptors (Lipinski definition) is 2. The van der Waals surface area contributed by atoms with Gasteiger partial charge in [-0.1, -0.05) is 0 Å². The van der Waals surface area contributed by atoms with Crippen molar-refractivity contribution in [2.75, 3.05) is 6.54 Å². The van der Waals surface area contributed by atoms with Gasteiger partial charge in [0.05, 0.1) is 7.14 Å². The molecule has 2 rings (SSSR count). The summed E-state index contributed by atoms with van der Waals surface area (Å²) >= 11 is 4.04. The molecule has 1 aliphatic rings. The highest BCUT2D eigenvalue weighted by molar-refractivity contribution is 14.1. The van der Waals surface area contributed by atoms with Crippen molar-refractivity contribution in [2.24, 2.45) is 0 Å². The molecule has 4 nitrogen and oxygen atoms in total. The fourth-order valence-corrected chi connectivity index (χ4v) is 4.18. The zero-order valence-electron chi connectivity index (χ0n) is 10.7. The topological polar surface area (TPSA) is 42.3 Å². The van der Waals surface area contributed by atoms with Crippen molar-refractivity contribution in [1.29, 1.82) is 0 Å². The Kier molecular flexibility index (Phi) is 5.27. The molecule has 0 spiro atoms. The molecule has 1 unspecified atom stereocenters. The van der Waals surface area contributed by atoms with Gasteiger partial charge >= 0.3 is 0 Å². The van der Waals surface area contributed by atoms with Crippen LogP contribution in [0.2, 0.25) is 0 Å². The third-order valence-electron chi connectivity index (χ3n) is 3.43. The predicted octanol–water partition coefficient (Wildman–Crippen LogP) is 2.46. The lowest BCUT2D eigenvalue weighted by Gasteiger charge is -2.33. The van der Waals surface area contributed by atoms with Gasteiger partial charge in [0, 0.05) is 25.0 Å². The lowest BCUT2D eigenvalue weighted by atomic mass is 10.0. The molecule has 0 bridgehead atoms. The zero-order valence-corrected chi connectivity index (χ0v) is 15.0. The average Bonchev–Trinajstić information content (AvgIpc) is 2.36. The van der Waals surface area contributed by atoms with Gasteiger partial charge in [0.15, 0.2) is 0 Å². The second kappa shape index (κ2) is 6.55. The first-order valence-corrected chi connectivity index (χ1v) is 8.49. The molecule has 19 heavy (non-hydrogen) atoms. The number of pyridine rings is 1. The number of halogens is 2. The molecule has 1 aromatic rings. The molecule has 6 heteroatoms. The second-order valence-electron chi connectivity index (χ2n) is 4.89. The van der Waals surface area contributed by atoms with E-state index in [1.54, 1.807) is 12.4 Å². The minimum Gasteiger partial charge on any atom is -0.343 e. The van der Waals surface area contributed by atoms with Crippen LogP contribution in [0, 0.1) is 7.14 Å². The van der Waals surface area contributed by atoms with Crippen LogP contribution in [0.25, 0.3) is 0 Å². The Bertz CT molecular complexity index is 516. The number of hydrogen-bond donors (Lipinski definition) is 0. The average molecular weight is 486 g/mol. The highest BCUT2D eigenvalue weighted by Crippen LogP contribution is 2.17. The Balaban J connectivity index is 2.12. The zero-order chi connectivity index (χ0) is 14.0. The van der Waals surface area contributed by atoms with Gasteiger partial charge in [-0.05, 0) is 71.4 Å². The number of nitrogens with zero attached hydrogens (tertiary/aromatic N) is 2. The summed E-state index contributed by atoms with van der Waals surface area (Å²) in [7, 11) is 0. The van der Waals surface area contributed by atoms with Crippen LogP contribution in [-0.2, 0) is 11.3 Å². The van der Waals surface area contributed by atoms with E-state index in [1.807, 2.05) is 54.6 Å². The van der Waals surface area contributed by atoms with Gasteiger partial charge in [-0.25, -0.2) is 0 Å². The first-order chi connectivity index (χ1) is 8.99. The van der Waals surface area contributed by atoms with E-state index in [0.717, 1.165) is 19.4 Å². The summed E-state index contributed by atoms with van der Waals surface area (Å²) in [5.41, 5.74) is 0.0382. The molecule has 1 fully saturated rings. The van der Waals surface area contributed by atoms with Gasteiger partial charge in [-0.15, -0.1) is 0 Å². The van der Waals surface area contributed by atoms with Crippen molar-refractivity contribution >= 4 is 51.1 Å². The smallest absolute Gasteiger partial charge is 0.242 e. The first kappa shape index (κ1) is 15.3. The lowest BCUT2D eigenvalue weighted by molar-refractivity contribution is -0.135. The minimum absolute atomic E-state index is 0.0382. The van der Waals surface area contributed by atoms with Gasteiger partial charge in [-0.2, -0.15) is 0 Å². The molecular weight excluding hydrogens is 470 g/mol. The number of aromatic nitrogens is 1. The summed E-state index contributed by atoms with van der Waals surface area (Å²) in [6.45, 7) is 3.28. The Morgan fingerprint density at radius 3 is 2.53 bits per heavy atom. The van der Waals surface area contributed by atoms with Crippen LogP contribution in [0.5, 0.6) is 0 Å². The van der Waals surface area contributed by atoms with Crippen LogP contribution < -0.4 is 5.43 Å². The second-order valence-corrected chi connectivity index (χ2v) is 7.21. The van der Waals surface area contributed by atoms with Gasteiger partial charge in [0.1, 0.15) is 6.54 Å². The highest BCUT2D eigenvalue weighted by atomic mass is 127. The molecule has 1 amide bonds. The van der Waals surface area contributed by atoms with Crippen LogP contribution in [0.15, 0.2) is 17.2 Å². The van der Waals surface area contributed by atoms with Crippen LogP contribution in [0.4, 0.5) is 0 Å². The quantitative estimate of drug-likeness (QED) is 0.604. The largest absolute Gasteiger partial charge is 0.343 e. The Morgan fingerprint density at radius 2 is 1.95 bits per heavy atom. The molecule has 0 saturated carbocycles. The molecule has 2 heterocycles. The molecule has 0 aromatic carbocycles. The predicted molar refractivity (Wildman–Crippen MR) is 91.2 cm³/mol. The molecule has 104 valence electrons. The standard InChI is InChI=1S/C13H16I2N2O2/c1-9-4-2-3-5-17(9)12(18)8-16-6-10(14)13(19)11(15)7-16/h6-7,9H,2-5,8H2,1H3. The highest BCUT2D eigenvalue weighted by Gasteiger charge is 2.23. The molecule has 0 N–H and O–H groups in total. The van der Waals surface area contributed by atoms with E-state index < -0.39 is 0 Å². The molecule has 1 atom stereocenters. The van der Waals surface area contributed by atoms with Crippen LogP contribution in [0.1, 0.15) is 26.2 Å². The maximum absolute atomic E-state index is 12.3. The Hall–Kier alpha value is -0.120. The third-order valence-corrected chi connectivity index (χ3v) is 4.97. The summed E-state index contributed by atoms with van der Waals surface area (Å²) in [5, 5.41) is 0. The number of carbonyl (C=O) groups is 1. The monoisotopic (exact) mass is 486 g/mol. The molecule has 0 aliphatic carbocycles. The van der Waals surface area contributed by atoms with Gasteiger partial charge in [0.25, 0.3) is 0 Å². The molecule has 1 aromatic heterocycles. The normalized spacial score (nSPS) is 19.5. The SMILES string of the molecule is CC1CCCCN1C(=O)Cn1cc(I)c(=O)c(I)c1. The van der Waals surface area contributed by atoms with Gasteiger partial charge in [-0.3, -0.25) is 9.59 Å². The number of rotatable bonds is 2. The van der Waals surface area contributed by atoms with Crippen molar-refractivity contribution in [1.82, 2.24) is 9.47 Å². The van der Waals surface area contributed by atoms with Gasteiger partial charge < -0.3 is 9.47 Å². The number of amides is 1.